The molecule has 1 amide bonds. The molecule has 0 saturated heterocycles. The minimum atomic E-state index is -0.417. The van der Waals surface area contributed by atoms with Crippen LogP contribution in [0.5, 0.6) is 0 Å². The van der Waals surface area contributed by atoms with Gasteiger partial charge in [0.1, 0.15) is 0 Å². The Bertz CT molecular complexity index is 858. The van der Waals surface area contributed by atoms with E-state index in [1.807, 2.05) is 0 Å². The Morgan fingerprint density at radius 1 is 1.30 bits per heavy atom. The molecule has 2 aromatic heterocycles. The highest BCUT2D eigenvalue weighted by Crippen LogP contribution is 2.24. The fraction of sp³-hybridized carbons (Fsp3) is 0. The lowest BCUT2D eigenvalue weighted by atomic mass is 10.1. The van der Waals surface area contributed by atoms with Crippen LogP contribution in [0.2, 0.25) is 0 Å². The summed E-state index contributed by atoms with van der Waals surface area (Å²) in [6.07, 6.45) is 1.60. The second kappa shape index (κ2) is 5.14. The first-order valence-corrected chi connectivity index (χ1v) is 7.16. The summed E-state index contributed by atoms with van der Waals surface area (Å²) in [6.45, 7) is 0. The van der Waals surface area contributed by atoms with Gasteiger partial charge in [-0.15, -0.1) is 0 Å². The largest absolute Gasteiger partial charge is 0.296 e. The zero-order chi connectivity index (χ0) is 14.1. The normalized spacial score (nSPS) is 10.7. The first-order chi connectivity index (χ1) is 9.65. The number of aromatic nitrogens is 3. The second-order valence-electron chi connectivity index (χ2n) is 3.87. The summed E-state index contributed by atoms with van der Waals surface area (Å²) in [5.74, 6) is -0.417. The molecule has 0 saturated carbocycles. The van der Waals surface area contributed by atoms with E-state index in [4.69, 9.17) is 0 Å². The number of benzene rings is 1. The lowest BCUT2D eigenvalue weighted by Crippen LogP contribution is -2.19. The van der Waals surface area contributed by atoms with E-state index in [0.717, 1.165) is 3.79 Å². The van der Waals surface area contributed by atoms with Crippen LogP contribution in [0.3, 0.4) is 0 Å². The zero-order valence-electron chi connectivity index (χ0n) is 9.88. The summed E-state index contributed by atoms with van der Waals surface area (Å²) < 4.78 is 0.812. The van der Waals surface area contributed by atoms with Crippen molar-refractivity contribution >= 4 is 49.1 Å². The maximum atomic E-state index is 12.2. The van der Waals surface area contributed by atoms with Crippen molar-refractivity contribution in [2.24, 2.45) is 0 Å². The van der Waals surface area contributed by atoms with Gasteiger partial charge in [0.15, 0.2) is 10.8 Å². The van der Waals surface area contributed by atoms with Crippen molar-refractivity contribution in [2.45, 2.75) is 0 Å². The molecule has 0 aliphatic carbocycles. The molecular weight excluding hydrogens is 344 g/mol. The highest BCUT2D eigenvalue weighted by molar-refractivity contribution is 9.11. The number of aromatic amines is 1. The molecular formula is C12H7BrN4O2S. The van der Waals surface area contributed by atoms with Gasteiger partial charge in [-0.2, -0.15) is 5.10 Å². The Hall–Kier alpha value is -2.06. The SMILES string of the molecule is O=C(Nc1ncc(Br)s1)c1n[nH]c(=O)c2ccccc12. The molecule has 0 fully saturated rings. The summed E-state index contributed by atoms with van der Waals surface area (Å²) in [6, 6.07) is 6.81. The summed E-state index contributed by atoms with van der Waals surface area (Å²) >= 11 is 4.56. The summed E-state index contributed by atoms with van der Waals surface area (Å²) in [5.41, 5.74) is -0.166. The summed E-state index contributed by atoms with van der Waals surface area (Å²) in [5, 5.41) is 10.2. The predicted octanol–water partition coefficient (Wildman–Crippen LogP) is 2.39. The molecule has 0 aliphatic rings. The van der Waals surface area contributed by atoms with Crippen LogP contribution in [0.15, 0.2) is 39.0 Å². The Morgan fingerprint density at radius 2 is 2.05 bits per heavy atom. The second-order valence-corrected chi connectivity index (χ2v) is 6.28. The lowest BCUT2D eigenvalue weighted by molar-refractivity contribution is 0.102. The van der Waals surface area contributed by atoms with Crippen LogP contribution in [0, 0.1) is 0 Å². The van der Waals surface area contributed by atoms with E-state index >= 15 is 0 Å². The van der Waals surface area contributed by atoms with Crippen LogP contribution in [0.4, 0.5) is 5.13 Å². The van der Waals surface area contributed by atoms with Crippen molar-refractivity contribution in [1.29, 1.82) is 0 Å². The number of H-pyrrole nitrogens is 1. The number of hydrogen-bond acceptors (Lipinski definition) is 5. The van der Waals surface area contributed by atoms with Gasteiger partial charge >= 0.3 is 0 Å². The third-order valence-electron chi connectivity index (χ3n) is 2.61. The third-order valence-corrected chi connectivity index (χ3v) is 4.00. The maximum absolute atomic E-state index is 12.2. The Morgan fingerprint density at radius 3 is 2.75 bits per heavy atom. The van der Waals surface area contributed by atoms with Gasteiger partial charge in [-0.1, -0.05) is 29.5 Å². The van der Waals surface area contributed by atoms with Gasteiger partial charge in [0.25, 0.3) is 11.5 Å². The smallest absolute Gasteiger partial charge is 0.278 e. The fourth-order valence-corrected chi connectivity index (χ4v) is 2.86. The monoisotopic (exact) mass is 350 g/mol. The predicted molar refractivity (Wildman–Crippen MR) is 80.1 cm³/mol. The number of carbonyl (C=O) groups is 1. The van der Waals surface area contributed by atoms with E-state index in [-0.39, 0.29) is 11.3 Å². The van der Waals surface area contributed by atoms with Crippen molar-refractivity contribution in [1.82, 2.24) is 15.2 Å². The Balaban J connectivity index is 2.04. The minimum Gasteiger partial charge on any atom is -0.296 e. The van der Waals surface area contributed by atoms with Gasteiger partial charge < -0.3 is 0 Å². The topological polar surface area (TPSA) is 87.7 Å². The van der Waals surface area contributed by atoms with Crippen molar-refractivity contribution in [3.63, 3.8) is 0 Å². The molecule has 3 rings (SSSR count). The van der Waals surface area contributed by atoms with Gasteiger partial charge in [-0.3, -0.25) is 14.9 Å². The average molecular weight is 351 g/mol. The number of nitrogens with zero attached hydrogens (tertiary/aromatic N) is 2. The average Bonchev–Trinajstić information content (AvgIpc) is 2.84. The molecule has 6 nitrogen and oxygen atoms in total. The molecule has 8 heteroatoms. The van der Waals surface area contributed by atoms with E-state index in [9.17, 15) is 9.59 Å². The molecule has 0 atom stereocenters. The van der Waals surface area contributed by atoms with Crippen molar-refractivity contribution in [3.8, 4) is 0 Å². The van der Waals surface area contributed by atoms with Gasteiger partial charge in [-0.05, 0) is 22.0 Å². The maximum Gasteiger partial charge on any atom is 0.278 e. The molecule has 1 aromatic carbocycles. The number of thiazole rings is 1. The molecule has 0 unspecified atom stereocenters. The summed E-state index contributed by atoms with van der Waals surface area (Å²) in [7, 11) is 0. The van der Waals surface area contributed by atoms with Gasteiger partial charge in [0.05, 0.1) is 15.4 Å². The molecule has 2 heterocycles. The molecule has 0 radical (unpaired) electrons. The summed E-state index contributed by atoms with van der Waals surface area (Å²) in [4.78, 5) is 27.9. The fourth-order valence-electron chi connectivity index (χ4n) is 1.76. The van der Waals surface area contributed by atoms with Gasteiger partial charge in [-0.25, -0.2) is 10.1 Å². The molecule has 0 spiro atoms. The Labute approximate surface area is 125 Å². The van der Waals surface area contributed by atoms with E-state index in [0.29, 0.717) is 15.9 Å². The molecule has 3 aromatic rings. The number of carbonyl (C=O) groups excluding carboxylic acids is 1. The standard InChI is InChI=1S/C12H7BrN4O2S/c13-8-5-14-12(20-8)15-11(19)9-6-3-1-2-4-7(6)10(18)17-16-9/h1-5H,(H,17,18)(H,14,15,19). The quantitative estimate of drug-likeness (QED) is 0.742. The number of rotatable bonds is 2. The Kier molecular flexibility index (Phi) is 3.33. The van der Waals surface area contributed by atoms with E-state index in [1.165, 1.54) is 11.3 Å². The highest BCUT2D eigenvalue weighted by Gasteiger charge is 2.15. The van der Waals surface area contributed by atoms with Gasteiger partial charge in [0.2, 0.25) is 0 Å². The minimum absolute atomic E-state index is 0.159. The highest BCUT2D eigenvalue weighted by atomic mass is 79.9. The van der Waals surface area contributed by atoms with Crippen molar-refractivity contribution in [2.75, 3.05) is 5.32 Å². The lowest BCUT2D eigenvalue weighted by Gasteiger charge is -2.04. The molecule has 2 N–H and O–H groups in total. The zero-order valence-corrected chi connectivity index (χ0v) is 12.3. The number of amides is 1. The van der Waals surface area contributed by atoms with E-state index in [1.54, 1.807) is 30.5 Å². The van der Waals surface area contributed by atoms with E-state index < -0.39 is 5.91 Å². The van der Waals surface area contributed by atoms with Crippen LogP contribution in [0.25, 0.3) is 10.8 Å². The molecule has 20 heavy (non-hydrogen) atoms. The number of hydrogen-bond donors (Lipinski definition) is 2. The molecule has 0 aliphatic heterocycles. The molecule has 100 valence electrons. The number of nitrogens with one attached hydrogen (secondary N) is 2. The third kappa shape index (κ3) is 2.35. The molecule has 0 bridgehead atoms. The number of anilines is 1. The van der Waals surface area contributed by atoms with E-state index in [2.05, 4.69) is 36.4 Å². The van der Waals surface area contributed by atoms with Crippen LogP contribution in [-0.4, -0.2) is 21.1 Å². The van der Waals surface area contributed by atoms with Crippen molar-refractivity contribution < 1.29 is 4.79 Å². The van der Waals surface area contributed by atoms with Gasteiger partial charge in [0, 0.05) is 5.39 Å². The van der Waals surface area contributed by atoms with Crippen LogP contribution >= 0.6 is 27.3 Å². The van der Waals surface area contributed by atoms with Crippen LogP contribution < -0.4 is 10.9 Å². The first kappa shape index (κ1) is 12.9. The van der Waals surface area contributed by atoms with Crippen LogP contribution in [-0.2, 0) is 0 Å². The van der Waals surface area contributed by atoms with Crippen molar-refractivity contribution in [3.05, 3.63) is 50.3 Å². The van der Waals surface area contributed by atoms with Crippen LogP contribution in [0.1, 0.15) is 10.5 Å². The first-order valence-electron chi connectivity index (χ1n) is 5.55. The number of fused-ring (bicyclic) bond motifs is 1. The number of halogens is 1.